The molecule has 9 unspecified atom stereocenters. The molecule has 0 amide bonds. The van der Waals surface area contributed by atoms with E-state index in [1.54, 1.807) is 18.3 Å². The summed E-state index contributed by atoms with van der Waals surface area (Å²) in [6.45, 7) is 1.80. The third-order valence-electron chi connectivity index (χ3n) is 11.2. The number of aliphatic hydroxyl groups is 5. The Morgan fingerprint density at radius 3 is 2.49 bits per heavy atom. The highest BCUT2D eigenvalue weighted by molar-refractivity contribution is 5.95. The van der Waals surface area contributed by atoms with Crippen LogP contribution in [0.2, 0.25) is 0 Å². The molecular weight excluding hydrogens is 823 g/mol. The smallest absolute Gasteiger partial charge is 0.324 e. The van der Waals surface area contributed by atoms with E-state index < -0.39 is 67.5 Å². The number of carbonyl (C=O) groups excluding carboxylic acids is 1. The zero-order valence-corrected chi connectivity index (χ0v) is 34.4. The number of carbonyl (C=O) groups is 2. The fraction of sp³-hybridized carbons (Fsp3) is 0.378. The van der Waals surface area contributed by atoms with Crippen molar-refractivity contribution >= 4 is 34.8 Å². The van der Waals surface area contributed by atoms with E-state index in [-0.39, 0.29) is 53.0 Å². The second-order valence-electron chi connectivity index (χ2n) is 15.6. The molecule has 18 heteroatoms. The van der Waals surface area contributed by atoms with Gasteiger partial charge in [-0.25, -0.2) is 4.99 Å². The van der Waals surface area contributed by atoms with E-state index >= 15 is 0 Å². The Morgan fingerprint density at radius 2 is 1.78 bits per heavy atom. The molecule has 4 aromatic rings. The molecule has 334 valence electrons. The monoisotopic (exact) mass is 872 g/mol. The van der Waals surface area contributed by atoms with E-state index in [2.05, 4.69) is 16.4 Å². The molecule has 0 aliphatic carbocycles. The minimum absolute atomic E-state index is 0.0238. The maximum atomic E-state index is 13.5. The first-order chi connectivity index (χ1) is 30.3. The lowest BCUT2D eigenvalue weighted by atomic mass is 9.96. The van der Waals surface area contributed by atoms with E-state index in [9.17, 15) is 50.1 Å². The Kier molecular flexibility index (Phi) is 14.2. The number of aliphatic imine (C=N–C) groups is 1. The summed E-state index contributed by atoms with van der Waals surface area (Å²) < 4.78 is 23.4. The highest BCUT2D eigenvalue weighted by atomic mass is 16.8. The summed E-state index contributed by atoms with van der Waals surface area (Å²) in [4.78, 5) is 50.1. The molecule has 18 nitrogen and oxygen atoms in total. The van der Waals surface area contributed by atoms with E-state index in [0.29, 0.717) is 34.9 Å². The number of phenolic OH excluding ortho intramolecular Hbond substituents is 1. The molecule has 0 radical (unpaired) electrons. The van der Waals surface area contributed by atoms with E-state index in [1.807, 2.05) is 25.1 Å². The van der Waals surface area contributed by atoms with Gasteiger partial charge in [0, 0.05) is 42.7 Å². The second-order valence-corrected chi connectivity index (χ2v) is 15.6. The van der Waals surface area contributed by atoms with Crippen molar-refractivity contribution in [2.24, 2.45) is 10.9 Å². The van der Waals surface area contributed by atoms with E-state index in [1.165, 1.54) is 43.6 Å². The van der Waals surface area contributed by atoms with Crippen molar-refractivity contribution in [3.8, 4) is 22.6 Å². The van der Waals surface area contributed by atoms with Crippen molar-refractivity contribution in [1.29, 1.82) is 0 Å². The van der Waals surface area contributed by atoms with Gasteiger partial charge in [0.15, 0.2) is 23.1 Å². The molecule has 3 aliphatic heterocycles. The maximum Gasteiger partial charge on any atom is 0.324 e. The number of allylic oxidation sites excluding steroid dienone is 1. The fourth-order valence-corrected chi connectivity index (χ4v) is 8.07. The molecule has 9 atom stereocenters. The summed E-state index contributed by atoms with van der Waals surface area (Å²) in [5.74, 6) is -4.84. The number of hydrogen-bond acceptors (Lipinski definition) is 16. The van der Waals surface area contributed by atoms with Crippen LogP contribution >= 0.6 is 0 Å². The molecule has 0 bridgehead atoms. The number of benzene rings is 3. The van der Waals surface area contributed by atoms with Gasteiger partial charge in [0.25, 0.3) is 0 Å². The van der Waals surface area contributed by atoms with Gasteiger partial charge in [0.05, 0.1) is 10.9 Å². The van der Waals surface area contributed by atoms with Crippen LogP contribution in [0.1, 0.15) is 36.0 Å². The number of fused-ring (bicyclic) bond motifs is 2. The molecule has 1 saturated heterocycles. The minimum Gasteiger partial charge on any atom is -0.508 e. The first-order valence-corrected chi connectivity index (χ1v) is 20.5. The number of ether oxygens (including phenoxy) is 3. The average molecular weight is 873 g/mol. The molecule has 7 rings (SSSR count). The van der Waals surface area contributed by atoms with Crippen molar-refractivity contribution in [2.75, 3.05) is 26.8 Å². The van der Waals surface area contributed by atoms with Gasteiger partial charge >= 0.3 is 11.9 Å². The topological polar surface area (TPSA) is 272 Å². The molecule has 3 aromatic carbocycles. The Hall–Kier alpha value is -5.80. The van der Waals surface area contributed by atoms with Crippen LogP contribution in [-0.2, 0) is 30.3 Å². The minimum atomic E-state index is -2.34. The molecule has 9 N–H and O–H groups in total. The van der Waals surface area contributed by atoms with Crippen LogP contribution in [0.25, 0.3) is 27.8 Å². The number of aliphatic hydroxyl groups excluding tert-OH is 5. The van der Waals surface area contributed by atoms with Crippen LogP contribution < -0.4 is 20.5 Å². The number of esters is 1. The molecule has 1 fully saturated rings. The number of aromatic hydroxyl groups is 1. The molecule has 0 spiro atoms. The van der Waals surface area contributed by atoms with E-state index in [4.69, 9.17) is 23.5 Å². The van der Waals surface area contributed by atoms with Gasteiger partial charge in [0.1, 0.15) is 47.8 Å². The SMILES string of the molecule is CNC(CCO)C(C(=O)O)C(=O)OC(O)C1OC(Oc2ccc3c(=O)c(-c4ccc(O)cc4)coc3c2)C(O[NH+]2CC3=CC=NC3=C2c2cc(C)cc(CCCCO)c2)C(O)C1O. The lowest BCUT2D eigenvalue weighted by Gasteiger charge is -2.42. The number of nitrogens with zero attached hydrogens (tertiary/aromatic N) is 1. The third-order valence-corrected chi connectivity index (χ3v) is 11.2. The first kappa shape index (κ1) is 45.2. The number of aryl methyl sites for hydroxylation is 2. The van der Waals surface area contributed by atoms with Gasteiger partial charge in [-0.05, 0) is 93.3 Å². The number of carboxylic acid groups (broad SMARTS) is 1. The molecule has 0 saturated carbocycles. The fourth-order valence-electron chi connectivity index (χ4n) is 8.07. The van der Waals surface area contributed by atoms with Crippen LogP contribution in [0.5, 0.6) is 11.5 Å². The summed E-state index contributed by atoms with van der Waals surface area (Å²) >= 11 is 0. The highest BCUT2D eigenvalue weighted by Crippen LogP contribution is 2.33. The number of carboxylic acids is 1. The van der Waals surface area contributed by atoms with Gasteiger partial charge in [0.2, 0.25) is 18.7 Å². The summed E-state index contributed by atoms with van der Waals surface area (Å²) in [6, 6.07) is 15.2. The number of hydrogen-bond donors (Lipinski definition) is 9. The Morgan fingerprint density at radius 1 is 1.00 bits per heavy atom. The number of phenols is 1. The van der Waals surface area contributed by atoms with Crippen LogP contribution in [0.15, 0.2) is 98.5 Å². The molecule has 1 aromatic heterocycles. The molecular formula is C45H50N3O15+. The lowest BCUT2D eigenvalue weighted by molar-refractivity contribution is -1.04. The van der Waals surface area contributed by atoms with Crippen LogP contribution in [0, 0.1) is 12.8 Å². The summed E-state index contributed by atoms with van der Waals surface area (Å²) in [6.07, 6.45) is -4.65. The Labute approximate surface area is 360 Å². The number of rotatable bonds is 18. The van der Waals surface area contributed by atoms with E-state index in [0.717, 1.165) is 28.7 Å². The lowest BCUT2D eigenvalue weighted by Crippen LogP contribution is -3.08. The Balaban J connectivity index is 1.21. The summed E-state index contributed by atoms with van der Waals surface area (Å²) in [5, 5.41) is 76.1. The van der Waals surface area contributed by atoms with Crippen molar-refractivity contribution in [2.45, 2.75) is 75.6 Å². The van der Waals surface area contributed by atoms with Gasteiger partial charge in [-0.3, -0.25) is 14.4 Å². The molecule has 3 aliphatic rings. The van der Waals surface area contributed by atoms with Gasteiger partial charge < -0.3 is 59.7 Å². The number of nitrogens with one attached hydrogen (secondary N) is 2. The largest absolute Gasteiger partial charge is 0.508 e. The Bertz CT molecular complexity index is 2470. The van der Waals surface area contributed by atoms with Crippen molar-refractivity contribution in [1.82, 2.24) is 5.32 Å². The predicted octanol–water partition coefficient (Wildman–Crippen LogP) is 0.726. The standard InChI is InChI=1S/C45H49N3O15/c1-23-17-24(5-3-4-15-49)19-27(18-23)36-35-26(12-14-47-35)21-48(36)63-41-39(54)38(53)40(44(58)62-43(57)34(42(55)56)32(46-2)13-16-50)61-45(41)60-29-10-11-30-33(20-29)59-22-31(37(30)52)25-6-8-28(51)9-7-25/h6-12,14,17-20,22,32,34,38-41,44-46,49-51,53-54,58H,3-5,13,15-16,21H2,1-2H3,(H,55,56)/p+1. The second kappa shape index (κ2) is 19.7. The number of unbranched alkanes of at least 4 members (excludes halogenated alkanes) is 1. The zero-order valence-electron chi connectivity index (χ0n) is 34.4. The average Bonchev–Trinajstić information content (AvgIpc) is 3.85. The number of aliphatic carboxylic acids is 1. The number of hydroxylamine groups is 2. The maximum absolute atomic E-state index is 13.5. The highest BCUT2D eigenvalue weighted by Gasteiger charge is 2.54. The molecule has 4 heterocycles. The number of quaternary nitrogens is 1. The zero-order chi connectivity index (χ0) is 44.9. The van der Waals surface area contributed by atoms with Crippen molar-refractivity contribution in [3.05, 3.63) is 111 Å². The first-order valence-electron chi connectivity index (χ1n) is 20.5. The van der Waals surface area contributed by atoms with Gasteiger partial charge in [-0.2, -0.15) is 9.90 Å². The normalized spacial score (nSPS) is 23.3. The van der Waals surface area contributed by atoms with Crippen LogP contribution in [0.3, 0.4) is 0 Å². The third kappa shape index (κ3) is 9.74. The van der Waals surface area contributed by atoms with Gasteiger partial charge in [-0.15, -0.1) is 0 Å². The van der Waals surface area contributed by atoms with Crippen LogP contribution in [-0.4, -0.2) is 124 Å². The quantitative estimate of drug-likeness (QED) is 0.0289. The summed E-state index contributed by atoms with van der Waals surface area (Å²) in [7, 11) is 1.38. The van der Waals surface area contributed by atoms with Crippen LogP contribution in [0.4, 0.5) is 0 Å². The van der Waals surface area contributed by atoms with Gasteiger partial charge in [-0.1, -0.05) is 23.8 Å². The summed E-state index contributed by atoms with van der Waals surface area (Å²) in [5.41, 5.74) is 5.33. The van der Waals surface area contributed by atoms with Crippen molar-refractivity contribution < 1.29 is 73.9 Å². The predicted molar refractivity (Wildman–Crippen MR) is 224 cm³/mol. The van der Waals surface area contributed by atoms with Crippen molar-refractivity contribution in [3.63, 3.8) is 0 Å². The molecule has 63 heavy (non-hydrogen) atoms.